The van der Waals surface area contributed by atoms with Crippen LogP contribution in [-0.4, -0.2) is 42.9 Å². The summed E-state index contributed by atoms with van der Waals surface area (Å²) in [5.74, 6) is 0.443. The lowest BCUT2D eigenvalue weighted by Gasteiger charge is -2.36. The van der Waals surface area contributed by atoms with Gasteiger partial charge < -0.3 is 19.9 Å². The first kappa shape index (κ1) is 26.3. The summed E-state index contributed by atoms with van der Waals surface area (Å²) in [6.07, 6.45) is 0. The zero-order valence-corrected chi connectivity index (χ0v) is 22.5. The first-order valence-electron chi connectivity index (χ1n) is 13.0. The molecule has 0 spiro atoms. The maximum absolute atomic E-state index is 13.0. The Morgan fingerprint density at radius 3 is 2.33 bits per heavy atom. The van der Waals surface area contributed by atoms with Gasteiger partial charge in [0.25, 0.3) is 11.8 Å². The van der Waals surface area contributed by atoms with Crippen molar-refractivity contribution in [3.63, 3.8) is 0 Å². The maximum Gasteiger partial charge on any atom is 0.255 e. The fraction of sp³-hybridized carbons (Fsp3) is 0.188. The number of hydrogen-bond donors (Lipinski definition) is 1. The van der Waals surface area contributed by atoms with Crippen molar-refractivity contribution < 1.29 is 14.3 Å². The van der Waals surface area contributed by atoms with Gasteiger partial charge in [-0.3, -0.25) is 9.59 Å². The Morgan fingerprint density at radius 2 is 1.59 bits per heavy atom. The minimum Gasteiger partial charge on any atom is -0.489 e. The molecule has 39 heavy (non-hydrogen) atoms. The Balaban J connectivity index is 1.18. The molecule has 2 amide bonds. The number of hydrogen-bond acceptors (Lipinski definition) is 4. The standard InChI is InChI=1S/C32H30ClN3O3/c1-23-8-5-6-13-28(23)32(38)36-18-16-35(17-19-36)30-15-14-26(21-29(30)33)34-31(37)25-11-7-12-27(20-25)39-22-24-9-3-2-4-10-24/h2-15,20-21H,16-19,22H2,1H3,(H,34,37). The van der Waals surface area contributed by atoms with Crippen molar-refractivity contribution in [3.8, 4) is 5.75 Å². The monoisotopic (exact) mass is 539 g/mol. The number of anilines is 2. The molecule has 5 rings (SSSR count). The minimum atomic E-state index is -0.243. The molecule has 1 heterocycles. The molecule has 7 heteroatoms. The van der Waals surface area contributed by atoms with Gasteiger partial charge in [0, 0.05) is 43.0 Å². The van der Waals surface area contributed by atoms with Gasteiger partial charge in [-0.05, 0) is 60.5 Å². The Kier molecular flexibility index (Phi) is 8.13. The Hall–Kier alpha value is -4.29. The second kappa shape index (κ2) is 12.0. The van der Waals surface area contributed by atoms with Crippen molar-refractivity contribution >= 4 is 34.8 Å². The summed E-state index contributed by atoms with van der Waals surface area (Å²) in [6, 6.07) is 30.2. The summed E-state index contributed by atoms with van der Waals surface area (Å²) < 4.78 is 5.86. The van der Waals surface area contributed by atoms with Gasteiger partial charge in [-0.1, -0.05) is 66.2 Å². The van der Waals surface area contributed by atoms with E-state index in [1.165, 1.54) is 0 Å². The molecule has 4 aromatic rings. The van der Waals surface area contributed by atoms with Crippen LogP contribution >= 0.6 is 11.6 Å². The summed E-state index contributed by atoms with van der Waals surface area (Å²) in [5, 5.41) is 3.47. The van der Waals surface area contributed by atoms with Gasteiger partial charge in [0.1, 0.15) is 12.4 Å². The van der Waals surface area contributed by atoms with Gasteiger partial charge in [-0.25, -0.2) is 0 Å². The third-order valence-electron chi connectivity index (χ3n) is 6.83. The molecule has 0 saturated carbocycles. The number of rotatable bonds is 7. The number of piperazine rings is 1. The van der Waals surface area contributed by atoms with Crippen molar-refractivity contribution in [3.05, 3.63) is 124 Å². The number of carbonyl (C=O) groups excluding carboxylic acids is 2. The van der Waals surface area contributed by atoms with Crippen LogP contribution in [0.1, 0.15) is 31.8 Å². The molecule has 1 N–H and O–H groups in total. The molecule has 0 radical (unpaired) electrons. The highest BCUT2D eigenvalue weighted by Crippen LogP contribution is 2.30. The number of amides is 2. The smallest absolute Gasteiger partial charge is 0.255 e. The van der Waals surface area contributed by atoms with Crippen LogP contribution in [0.2, 0.25) is 5.02 Å². The molecule has 1 aliphatic rings. The summed E-state index contributed by atoms with van der Waals surface area (Å²) in [5.41, 5.74) is 4.78. The van der Waals surface area contributed by atoms with Crippen LogP contribution in [0.25, 0.3) is 0 Å². The molecule has 1 fully saturated rings. The summed E-state index contributed by atoms with van der Waals surface area (Å²) in [6.45, 7) is 4.98. The molecule has 6 nitrogen and oxygen atoms in total. The van der Waals surface area contributed by atoms with Crippen molar-refractivity contribution in [1.82, 2.24) is 4.90 Å². The van der Waals surface area contributed by atoms with Crippen LogP contribution in [0, 0.1) is 6.92 Å². The van der Waals surface area contributed by atoms with E-state index < -0.39 is 0 Å². The van der Waals surface area contributed by atoms with E-state index in [4.69, 9.17) is 16.3 Å². The Morgan fingerprint density at radius 1 is 0.846 bits per heavy atom. The van der Waals surface area contributed by atoms with Gasteiger partial charge in [-0.15, -0.1) is 0 Å². The van der Waals surface area contributed by atoms with Crippen molar-refractivity contribution in [2.75, 3.05) is 36.4 Å². The van der Waals surface area contributed by atoms with Crippen LogP contribution in [0.3, 0.4) is 0 Å². The lowest BCUT2D eigenvalue weighted by molar-refractivity contribution is 0.0746. The zero-order chi connectivity index (χ0) is 27.2. The molecule has 198 valence electrons. The summed E-state index contributed by atoms with van der Waals surface area (Å²) >= 11 is 6.64. The van der Waals surface area contributed by atoms with Gasteiger partial charge in [0.2, 0.25) is 0 Å². The highest BCUT2D eigenvalue weighted by molar-refractivity contribution is 6.33. The molecular formula is C32H30ClN3O3. The first-order chi connectivity index (χ1) is 19.0. The fourth-order valence-electron chi connectivity index (χ4n) is 4.65. The van der Waals surface area contributed by atoms with Crippen molar-refractivity contribution in [1.29, 1.82) is 0 Å². The van der Waals surface area contributed by atoms with Crippen molar-refractivity contribution in [2.24, 2.45) is 0 Å². The third-order valence-corrected chi connectivity index (χ3v) is 7.14. The number of ether oxygens (including phenoxy) is 1. The largest absolute Gasteiger partial charge is 0.489 e. The van der Waals surface area contributed by atoms with Gasteiger partial charge in [-0.2, -0.15) is 0 Å². The molecule has 0 atom stereocenters. The minimum absolute atomic E-state index is 0.0615. The second-order valence-electron chi connectivity index (χ2n) is 9.52. The highest BCUT2D eigenvalue weighted by atomic mass is 35.5. The van der Waals surface area contributed by atoms with Crippen molar-refractivity contribution in [2.45, 2.75) is 13.5 Å². The van der Waals surface area contributed by atoms with Crippen LogP contribution < -0.4 is 15.0 Å². The van der Waals surface area contributed by atoms with E-state index in [0.717, 1.165) is 22.4 Å². The van der Waals surface area contributed by atoms with Gasteiger partial charge in [0.05, 0.1) is 10.7 Å². The van der Waals surface area contributed by atoms with Gasteiger partial charge in [0.15, 0.2) is 0 Å². The zero-order valence-electron chi connectivity index (χ0n) is 21.8. The van der Waals surface area contributed by atoms with Crippen LogP contribution in [0.15, 0.2) is 97.1 Å². The van der Waals surface area contributed by atoms with E-state index in [0.29, 0.717) is 54.8 Å². The predicted molar refractivity (Wildman–Crippen MR) is 156 cm³/mol. The molecule has 1 saturated heterocycles. The number of aryl methyl sites for hydroxylation is 1. The van der Waals surface area contributed by atoms with Crippen LogP contribution in [0.4, 0.5) is 11.4 Å². The summed E-state index contributed by atoms with van der Waals surface area (Å²) in [4.78, 5) is 29.9. The number of benzene rings is 4. The molecule has 0 bridgehead atoms. The lowest BCUT2D eigenvalue weighted by Crippen LogP contribution is -2.49. The quantitative estimate of drug-likeness (QED) is 0.293. The molecule has 0 unspecified atom stereocenters. The molecular weight excluding hydrogens is 510 g/mol. The normalized spacial score (nSPS) is 13.2. The van der Waals surface area contributed by atoms with E-state index in [1.807, 2.05) is 84.6 Å². The number of halogens is 1. The third kappa shape index (κ3) is 6.41. The average molecular weight is 540 g/mol. The Labute approximate surface area is 233 Å². The maximum atomic E-state index is 13.0. The number of carbonyl (C=O) groups is 2. The van der Waals surface area contributed by atoms with E-state index in [1.54, 1.807) is 24.3 Å². The van der Waals surface area contributed by atoms with Crippen LogP contribution in [0.5, 0.6) is 5.75 Å². The average Bonchev–Trinajstić information content (AvgIpc) is 2.97. The topological polar surface area (TPSA) is 61.9 Å². The van der Waals surface area contributed by atoms with E-state index in [2.05, 4.69) is 10.2 Å². The van der Waals surface area contributed by atoms with E-state index in [-0.39, 0.29) is 11.8 Å². The lowest BCUT2D eigenvalue weighted by atomic mass is 10.1. The molecule has 1 aliphatic heterocycles. The molecule has 0 aromatic heterocycles. The number of nitrogens with zero attached hydrogens (tertiary/aromatic N) is 2. The predicted octanol–water partition coefficient (Wildman–Crippen LogP) is 6.44. The second-order valence-corrected chi connectivity index (χ2v) is 9.92. The highest BCUT2D eigenvalue weighted by Gasteiger charge is 2.24. The summed E-state index contributed by atoms with van der Waals surface area (Å²) in [7, 11) is 0. The molecule has 0 aliphatic carbocycles. The van der Waals surface area contributed by atoms with Gasteiger partial charge >= 0.3 is 0 Å². The fourth-order valence-corrected chi connectivity index (χ4v) is 4.95. The van der Waals surface area contributed by atoms with E-state index >= 15 is 0 Å². The SMILES string of the molecule is Cc1ccccc1C(=O)N1CCN(c2ccc(NC(=O)c3cccc(OCc4ccccc4)c3)cc2Cl)CC1. The van der Waals surface area contributed by atoms with E-state index in [9.17, 15) is 9.59 Å². The Bertz CT molecular complexity index is 1470. The molecule has 4 aromatic carbocycles. The van der Waals surface area contributed by atoms with Crippen LogP contribution in [-0.2, 0) is 6.61 Å². The first-order valence-corrected chi connectivity index (χ1v) is 13.3. The number of nitrogens with one attached hydrogen (secondary N) is 1.